The van der Waals surface area contributed by atoms with E-state index in [1.165, 1.54) is 34.2 Å². The number of ether oxygens (including phenoxy) is 1. The Morgan fingerprint density at radius 2 is 1.57 bits per heavy atom. The Morgan fingerprint density at radius 3 is 2.09 bits per heavy atom. The van der Waals surface area contributed by atoms with Gasteiger partial charge in [0.1, 0.15) is 0 Å². The van der Waals surface area contributed by atoms with E-state index >= 15 is 0 Å². The van der Waals surface area contributed by atoms with Crippen LogP contribution in [0.3, 0.4) is 0 Å². The van der Waals surface area contributed by atoms with E-state index in [-0.39, 0.29) is 6.09 Å². The lowest BCUT2D eigenvalue weighted by Gasteiger charge is -2.20. The predicted molar refractivity (Wildman–Crippen MR) is 94.8 cm³/mol. The molecule has 3 heteroatoms. The summed E-state index contributed by atoms with van der Waals surface area (Å²) in [5.41, 5.74) is 1.29. The van der Waals surface area contributed by atoms with Crippen LogP contribution in [0.5, 0.6) is 0 Å². The van der Waals surface area contributed by atoms with Crippen LogP contribution in [0.2, 0.25) is 0 Å². The van der Waals surface area contributed by atoms with Crippen molar-refractivity contribution in [2.75, 3.05) is 20.2 Å². The van der Waals surface area contributed by atoms with Crippen LogP contribution >= 0.6 is 0 Å². The first-order chi connectivity index (χ1) is 11.2. The molecule has 0 heterocycles. The Hall–Kier alpha value is -2.55. The Morgan fingerprint density at radius 1 is 1.00 bits per heavy atom. The molecular weight excluding hydrogens is 286 g/mol. The van der Waals surface area contributed by atoms with Crippen molar-refractivity contribution in [3.63, 3.8) is 0 Å². The minimum absolute atomic E-state index is 0.267. The Bertz CT molecular complexity index is 787. The molecule has 0 bridgehead atoms. The second kappa shape index (κ2) is 6.69. The van der Waals surface area contributed by atoms with Crippen molar-refractivity contribution in [2.45, 2.75) is 13.3 Å². The molecule has 0 aliphatic rings. The molecule has 0 atom stereocenters. The summed E-state index contributed by atoms with van der Waals surface area (Å²) in [6.45, 7) is 3.27. The average molecular weight is 307 g/mol. The maximum absolute atomic E-state index is 11.8. The third-order valence-electron chi connectivity index (χ3n) is 4.33. The second-order valence-electron chi connectivity index (χ2n) is 5.60. The van der Waals surface area contributed by atoms with Gasteiger partial charge in [-0.3, -0.25) is 0 Å². The molecule has 0 saturated heterocycles. The number of nitrogens with zero attached hydrogens (tertiary/aromatic N) is 1. The number of amides is 1. The number of carbonyl (C=O) groups excluding carboxylic acids is 1. The van der Waals surface area contributed by atoms with Gasteiger partial charge < -0.3 is 9.64 Å². The molecular formula is C20H21NO2. The van der Waals surface area contributed by atoms with Crippen molar-refractivity contribution < 1.29 is 9.53 Å². The van der Waals surface area contributed by atoms with Crippen LogP contribution in [0.15, 0.2) is 54.6 Å². The molecule has 118 valence electrons. The fourth-order valence-corrected chi connectivity index (χ4v) is 3.13. The van der Waals surface area contributed by atoms with Crippen molar-refractivity contribution >= 4 is 27.6 Å². The fourth-order valence-electron chi connectivity index (χ4n) is 3.13. The van der Waals surface area contributed by atoms with Gasteiger partial charge in [-0.15, -0.1) is 0 Å². The van der Waals surface area contributed by atoms with Crippen LogP contribution in [0.4, 0.5) is 4.79 Å². The van der Waals surface area contributed by atoms with E-state index in [1.54, 1.807) is 4.90 Å². The van der Waals surface area contributed by atoms with Crippen molar-refractivity contribution in [3.8, 4) is 0 Å². The number of benzene rings is 3. The smallest absolute Gasteiger partial charge is 0.409 e. The molecule has 3 aromatic carbocycles. The van der Waals surface area contributed by atoms with Gasteiger partial charge in [-0.1, -0.05) is 48.5 Å². The predicted octanol–water partition coefficient (Wildman–Crippen LogP) is 4.62. The fraction of sp³-hybridized carbons (Fsp3) is 0.250. The molecule has 0 saturated carbocycles. The molecule has 0 aliphatic carbocycles. The molecule has 3 rings (SSSR count). The first-order valence-electron chi connectivity index (χ1n) is 7.97. The van der Waals surface area contributed by atoms with Crippen LogP contribution in [0, 0.1) is 0 Å². The summed E-state index contributed by atoms with van der Waals surface area (Å²) in [6, 6.07) is 19.1. The van der Waals surface area contributed by atoms with Crippen molar-refractivity contribution in [3.05, 3.63) is 60.2 Å². The molecule has 3 aromatic rings. The highest BCUT2D eigenvalue weighted by molar-refractivity contribution is 6.02. The summed E-state index contributed by atoms with van der Waals surface area (Å²) in [5.74, 6) is 0. The van der Waals surface area contributed by atoms with E-state index in [2.05, 4.69) is 54.6 Å². The van der Waals surface area contributed by atoms with Crippen LogP contribution < -0.4 is 0 Å². The summed E-state index contributed by atoms with van der Waals surface area (Å²) in [7, 11) is 1.43. The Balaban J connectivity index is 2.05. The number of hydrogen-bond donors (Lipinski definition) is 0. The van der Waals surface area contributed by atoms with E-state index < -0.39 is 0 Å². The number of carbonyl (C=O) groups is 1. The zero-order chi connectivity index (χ0) is 16.2. The zero-order valence-electron chi connectivity index (χ0n) is 13.6. The number of fused-ring (bicyclic) bond motifs is 2. The minimum Gasteiger partial charge on any atom is -0.453 e. The molecule has 3 nitrogen and oxygen atoms in total. The monoisotopic (exact) mass is 307 g/mol. The molecule has 0 aromatic heterocycles. The van der Waals surface area contributed by atoms with Crippen molar-refractivity contribution in [1.82, 2.24) is 4.90 Å². The van der Waals surface area contributed by atoms with E-state index in [0.717, 1.165) is 6.42 Å². The van der Waals surface area contributed by atoms with Gasteiger partial charge in [0.2, 0.25) is 0 Å². The average Bonchev–Trinajstić information content (AvgIpc) is 2.61. The Labute approximate surface area is 136 Å². The normalized spacial score (nSPS) is 10.9. The standard InChI is InChI=1S/C20H21NO2/c1-3-21(20(22)23-2)13-12-19-17-10-6-4-8-15(17)14-16-9-5-7-11-18(16)19/h4-11,14H,3,12-13H2,1-2H3. The van der Waals surface area contributed by atoms with E-state index in [4.69, 9.17) is 4.74 Å². The van der Waals surface area contributed by atoms with Crippen LogP contribution in [-0.2, 0) is 11.2 Å². The summed E-state index contributed by atoms with van der Waals surface area (Å²) < 4.78 is 4.85. The lowest BCUT2D eigenvalue weighted by molar-refractivity contribution is 0.126. The maximum Gasteiger partial charge on any atom is 0.409 e. The molecule has 1 amide bonds. The molecule has 0 N–H and O–H groups in total. The van der Waals surface area contributed by atoms with Gasteiger partial charge in [-0.25, -0.2) is 4.79 Å². The highest BCUT2D eigenvalue weighted by Crippen LogP contribution is 2.29. The minimum atomic E-state index is -0.267. The van der Waals surface area contributed by atoms with Gasteiger partial charge in [0, 0.05) is 13.1 Å². The van der Waals surface area contributed by atoms with Crippen LogP contribution in [-0.4, -0.2) is 31.2 Å². The van der Waals surface area contributed by atoms with Crippen LogP contribution in [0.1, 0.15) is 12.5 Å². The lowest BCUT2D eigenvalue weighted by atomic mass is 9.95. The first-order valence-corrected chi connectivity index (χ1v) is 7.97. The quantitative estimate of drug-likeness (QED) is 0.658. The summed E-state index contributed by atoms with van der Waals surface area (Å²) in [5, 5.41) is 4.99. The SMILES string of the molecule is CCN(CCc1c2ccccc2cc2ccccc12)C(=O)OC. The zero-order valence-corrected chi connectivity index (χ0v) is 13.6. The summed E-state index contributed by atoms with van der Waals surface area (Å²) in [4.78, 5) is 13.5. The lowest BCUT2D eigenvalue weighted by Crippen LogP contribution is -2.32. The van der Waals surface area contributed by atoms with Gasteiger partial charge >= 0.3 is 6.09 Å². The van der Waals surface area contributed by atoms with E-state index in [9.17, 15) is 4.79 Å². The molecule has 0 unspecified atom stereocenters. The Kier molecular flexibility index (Phi) is 4.47. The summed E-state index contributed by atoms with van der Waals surface area (Å²) >= 11 is 0. The third kappa shape index (κ3) is 3.00. The number of rotatable bonds is 4. The number of likely N-dealkylation sites (N-methyl/N-ethyl adjacent to an activating group) is 1. The van der Waals surface area contributed by atoms with E-state index in [0.29, 0.717) is 13.1 Å². The third-order valence-corrected chi connectivity index (χ3v) is 4.33. The second-order valence-corrected chi connectivity index (χ2v) is 5.60. The molecule has 0 fully saturated rings. The molecule has 0 spiro atoms. The first kappa shape index (κ1) is 15.3. The number of methoxy groups -OCH3 is 1. The van der Waals surface area contributed by atoms with E-state index in [1.807, 2.05) is 6.92 Å². The topological polar surface area (TPSA) is 29.5 Å². The molecule has 0 aliphatic heterocycles. The van der Waals surface area contributed by atoms with Crippen molar-refractivity contribution in [2.24, 2.45) is 0 Å². The van der Waals surface area contributed by atoms with Gasteiger partial charge in [0.25, 0.3) is 0 Å². The van der Waals surface area contributed by atoms with Gasteiger partial charge in [0.15, 0.2) is 0 Å². The summed E-state index contributed by atoms with van der Waals surface area (Å²) in [6.07, 6.45) is 0.544. The van der Waals surface area contributed by atoms with Crippen molar-refractivity contribution in [1.29, 1.82) is 0 Å². The largest absolute Gasteiger partial charge is 0.453 e. The molecule has 23 heavy (non-hydrogen) atoms. The highest BCUT2D eigenvalue weighted by atomic mass is 16.5. The number of hydrogen-bond acceptors (Lipinski definition) is 2. The molecule has 0 radical (unpaired) electrons. The highest BCUT2D eigenvalue weighted by Gasteiger charge is 2.13. The van der Waals surface area contributed by atoms with Gasteiger partial charge in [0.05, 0.1) is 7.11 Å². The van der Waals surface area contributed by atoms with Gasteiger partial charge in [-0.05, 0) is 46.5 Å². The van der Waals surface area contributed by atoms with Gasteiger partial charge in [-0.2, -0.15) is 0 Å². The maximum atomic E-state index is 11.8. The van der Waals surface area contributed by atoms with Crippen LogP contribution in [0.25, 0.3) is 21.5 Å².